The zero-order chi connectivity index (χ0) is 13.7. The zero-order valence-corrected chi connectivity index (χ0v) is 12.4. The topological polar surface area (TPSA) is 29.3 Å². The summed E-state index contributed by atoms with van der Waals surface area (Å²) in [5, 5.41) is 0. The first-order valence-corrected chi connectivity index (χ1v) is 7.66. The maximum absolute atomic E-state index is 5.99. The van der Waals surface area contributed by atoms with E-state index in [2.05, 4.69) is 49.2 Å². The third-order valence-electron chi connectivity index (χ3n) is 4.66. The molecule has 1 saturated carbocycles. The molecule has 1 aromatic rings. The van der Waals surface area contributed by atoms with Crippen LogP contribution >= 0.6 is 0 Å². The van der Waals surface area contributed by atoms with Crippen molar-refractivity contribution in [3.05, 3.63) is 35.9 Å². The van der Waals surface area contributed by atoms with Gasteiger partial charge in [0.2, 0.25) is 0 Å². The molecule has 2 nitrogen and oxygen atoms in total. The van der Waals surface area contributed by atoms with Gasteiger partial charge in [0.25, 0.3) is 0 Å². The molecular formula is C17H28N2. The molecule has 1 aromatic carbocycles. The van der Waals surface area contributed by atoms with Crippen molar-refractivity contribution in [2.45, 2.75) is 44.6 Å². The monoisotopic (exact) mass is 260 g/mol. The molecule has 0 saturated heterocycles. The van der Waals surface area contributed by atoms with Crippen molar-refractivity contribution in [3.8, 4) is 0 Å². The summed E-state index contributed by atoms with van der Waals surface area (Å²) in [6, 6.07) is 11.3. The number of nitrogens with two attached hydrogens (primary N) is 1. The molecule has 0 aromatic heterocycles. The summed E-state index contributed by atoms with van der Waals surface area (Å²) in [6.07, 6.45) is 5.40. The highest BCUT2D eigenvalue weighted by Crippen LogP contribution is 2.28. The van der Waals surface area contributed by atoms with Crippen molar-refractivity contribution < 1.29 is 0 Å². The van der Waals surface area contributed by atoms with Crippen LogP contribution in [0.25, 0.3) is 0 Å². The van der Waals surface area contributed by atoms with E-state index in [-0.39, 0.29) is 0 Å². The first-order valence-electron chi connectivity index (χ1n) is 7.66. The molecule has 106 valence electrons. The van der Waals surface area contributed by atoms with Gasteiger partial charge in [-0.15, -0.1) is 0 Å². The number of nitrogens with zero attached hydrogens (tertiary/aromatic N) is 1. The van der Waals surface area contributed by atoms with E-state index >= 15 is 0 Å². The molecular weight excluding hydrogens is 232 g/mol. The molecule has 0 bridgehead atoms. The summed E-state index contributed by atoms with van der Waals surface area (Å²) in [6.45, 7) is 4.30. The highest BCUT2D eigenvalue weighted by Gasteiger charge is 2.23. The lowest BCUT2D eigenvalue weighted by Gasteiger charge is -2.35. The third kappa shape index (κ3) is 4.05. The van der Waals surface area contributed by atoms with Crippen LogP contribution < -0.4 is 5.73 Å². The Morgan fingerprint density at radius 2 is 1.95 bits per heavy atom. The Kier molecular flexibility index (Phi) is 5.41. The number of hydrogen-bond donors (Lipinski definition) is 1. The predicted molar refractivity (Wildman–Crippen MR) is 82.3 cm³/mol. The number of benzene rings is 1. The molecule has 1 fully saturated rings. The lowest BCUT2D eigenvalue weighted by Crippen LogP contribution is -2.42. The summed E-state index contributed by atoms with van der Waals surface area (Å²) in [4.78, 5) is 2.49. The van der Waals surface area contributed by atoms with Crippen molar-refractivity contribution >= 4 is 0 Å². The minimum absolute atomic E-state index is 0.510. The van der Waals surface area contributed by atoms with E-state index in [0.29, 0.717) is 12.0 Å². The standard InChI is InChI=1S/C17H28N2/c1-14(16-9-4-3-5-10-16)11-17(12-18)19(2)13-15-7-6-8-15/h3-5,9-10,14-15,17H,6-8,11-13,18H2,1-2H3. The fraction of sp³-hybridized carbons (Fsp3) is 0.647. The Morgan fingerprint density at radius 3 is 2.47 bits per heavy atom. The van der Waals surface area contributed by atoms with Crippen molar-refractivity contribution in [3.63, 3.8) is 0 Å². The van der Waals surface area contributed by atoms with E-state index in [1.807, 2.05) is 0 Å². The van der Waals surface area contributed by atoms with Crippen LogP contribution in [0, 0.1) is 5.92 Å². The van der Waals surface area contributed by atoms with Gasteiger partial charge in [0, 0.05) is 19.1 Å². The fourth-order valence-electron chi connectivity index (χ4n) is 3.01. The molecule has 19 heavy (non-hydrogen) atoms. The molecule has 0 heterocycles. The first-order chi connectivity index (χ1) is 9.20. The molecule has 1 aliphatic rings. The Labute approximate surface area is 118 Å². The van der Waals surface area contributed by atoms with Gasteiger partial charge in [0.15, 0.2) is 0 Å². The summed E-state index contributed by atoms with van der Waals surface area (Å²) in [5.74, 6) is 1.50. The molecule has 1 aliphatic carbocycles. The van der Waals surface area contributed by atoms with Crippen molar-refractivity contribution in [2.75, 3.05) is 20.1 Å². The van der Waals surface area contributed by atoms with Crippen LogP contribution in [0.2, 0.25) is 0 Å². The fourth-order valence-corrected chi connectivity index (χ4v) is 3.01. The van der Waals surface area contributed by atoms with Crippen LogP contribution in [-0.2, 0) is 0 Å². The molecule has 2 atom stereocenters. The van der Waals surface area contributed by atoms with Crippen molar-refractivity contribution in [1.29, 1.82) is 0 Å². The second-order valence-corrected chi connectivity index (χ2v) is 6.17. The molecule has 2 rings (SSSR count). The Hall–Kier alpha value is -0.860. The van der Waals surface area contributed by atoms with Crippen LogP contribution in [0.15, 0.2) is 30.3 Å². The maximum atomic E-state index is 5.99. The van der Waals surface area contributed by atoms with E-state index in [1.54, 1.807) is 0 Å². The Bertz CT molecular complexity index is 359. The second kappa shape index (κ2) is 7.06. The number of rotatable bonds is 7. The maximum Gasteiger partial charge on any atom is 0.0221 e. The van der Waals surface area contributed by atoms with Gasteiger partial charge in [-0.1, -0.05) is 43.7 Å². The normalized spacial score (nSPS) is 19.2. The third-order valence-corrected chi connectivity index (χ3v) is 4.66. The Morgan fingerprint density at radius 1 is 1.26 bits per heavy atom. The average Bonchev–Trinajstić information content (AvgIpc) is 2.40. The van der Waals surface area contributed by atoms with Gasteiger partial charge in [-0.05, 0) is 43.7 Å². The molecule has 0 radical (unpaired) electrons. The molecule has 2 heteroatoms. The van der Waals surface area contributed by atoms with Gasteiger partial charge in [-0.2, -0.15) is 0 Å². The van der Waals surface area contributed by atoms with Gasteiger partial charge in [0.05, 0.1) is 0 Å². The van der Waals surface area contributed by atoms with Gasteiger partial charge in [0.1, 0.15) is 0 Å². The minimum atomic E-state index is 0.510. The zero-order valence-electron chi connectivity index (χ0n) is 12.4. The number of likely N-dealkylation sites (N-methyl/N-ethyl adjacent to an activating group) is 1. The van der Waals surface area contributed by atoms with Crippen LogP contribution in [-0.4, -0.2) is 31.1 Å². The second-order valence-electron chi connectivity index (χ2n) is 6.17. The van der Waals surface area contributed by atoms with E-state index in [1.165, 1.54) is 31.4 Å². The summed E-state index contributed by atoms with van der Waals surface area (Å²) in [7, 11) is 2.24. The van der Waals surface area contributed by atoms with Gasteiger partial charge in [-0.3, -0.25) is 0 Å². The van der Waals surface area contributed by atoms with Gasteiger partial charge >= 0.3 is 0 Å². The van der Waals surface area contributed by atoms with E-state index in [0.717, 1.165) is 18.9 Å². The lowest BCUT2D eigenvalue weighted by atomic mass is 9.84. The van der Waals surface area contributed by atoms with Gasteiger partial charge in [-0.25, -0.2) is 0 Å². The SMILES string of the molecule is CC(CC(CN)N(C)CC1CCC1)c1ccccc1. The summed E-state index contributed by atoms with van der Waals surface area (Å²) < 4.78 is 0. The molecule has 0 aliphatic heterocycles. The largest absolute Gasteiger partial charge is 0.329 e. The highest BCUT2D eigenvalue weighted by atomic mass is 15.1. The van der Waals surface area contributed by atoms with Crippen LogP contribution in [0.4, 0.5) is 0 Å². The molecule has 0 amide bonds. The van der Waals surface area contributed by atoms with Gasteiger partial charge < -0.3 is 10.6 Å². The van der Waals surface area contributed by atoms with Crippen LogP contribution in [0.5, 0.6) is 0 Å². The molecule has 0 spiro atoms. The molecule has 2 N–H and O–H groups in total. The average molecular weight is 260 g/mol. The predicted octanol–water partition coefficient (Wildman–Crippen LogP) is 3.24. The minimum Gasteiger partial charge on any atom is -0.329 e. The Balaban J connectivity index is 1.86. The van der Waals surface area contributed by atoms with Crippen LogP contribution in [0.3, 0.4) is 0 Å². The van der Waals surface area contributed by atoms with Crippen LogP contribution in [0.1, 0.15) is 44.1 Å². The summed E-state index contributed by atoms with van der Waals surface area (Å²) >= 11 is 0. The van der Waals surface area contributed by atoms with E-state index in [4.69, 9.17) is 5.73 Å². The molecule has 2 unspecified atom stereocenters. The lowest BCUT2D eigenvalue weighted by molar-refractivity contribution is 0.155. The van der Waals surface area contributed by atoms with E-state index in [9.17, 15) is 0 Å². The highest BCUT2D eigenvalue weighted by molar-refractivity contribution is 5.18. The smallest absolute Gasteiger partial charge is 0.0221 e. The van der Waals surface area contributed by atoms with Crippen molar-refractivity contribution in [2.24, 2.45) is 11.7 Å². The summed E-state index contributed by atoms with van der Waals surface area (Å²) in [5.41, 5.74) is 7.42. The first kappa shape index (κ1) is 14.5. The van der Waals surface area contributed by atoms with E-state index < -0.39 is 0 Å². The van der Waals surface area contributed by atoms with Crippen molar-refractivity contribution in [1.82, 2.24) is 4.90 Å². The number of hydrogen-bond acceptors (Lipinski definition) is 2. The quantitative estimate of drug-likeness (QED) is 0.815.